The number of nitrogens with zero attached hydrogens (tertiary/aromatic N) is 1. The van der Waals surface area contributed by atoms with E-state index in [0.717, 1.165) is 12.8 Å². The molecule has 1 N–H and O–H groups in total. The van der Waals surface area contributed by atoms with Crippen LogP contribution in [0.25, 0.3) is 0 Å². The standard InChI is InChI=1S/C31H26BrClN2O5/c1-16-24(12-11-23(32)28(16)33)34-25(36)15-40-31(39)18-7-9-20(10-8-18)35-29(37)26-19-13-21(17-5-3-2-4-6-17)22(14-19)27(26)30(35)38/h2-12,19,21-22,26-27H,13-15H2,1H3,(H,34,36)/t19-,21-,22+,26+,27-/m0/s1. The lowest BCUT2D eigenvalue weighted by atomic mass is 9.73. The minimum atomic E-state index is -0.688. The number of anilines is 2. The molecule has 9 heteroatoms. The summed E-state index contributed by atoms with van der Waals surface area (Å²) in [6.45, 7) is 1.29. The van der Waals surface area contributed by atoms with Crippen molar-refractivity contribution in [3.8, 4) is 0 Å². The van der Waals surface area contributed by atoms with Crippen molar-refractivity contribution in [3.63, 3.8) is 0 Å². The summed E-state index contributed by atoms with van der Waals surface area (Å²) in [5.41, 5.74) is 3.09. The third-order valence-corrected chi connectivity index (χ3v) is 9.93. The number of ether oxygens (including phenoxy) is 1. The minimum Gasteiger partial charge on any atom is -0.452 e. The zero-order chi connectivity index (χ0) is 28.1. The first-order valence-electron chi connectivity index (χ1n) is 13.2. The van der Waals surface area contributed by atoms with Gasteiger partial charge < -0.3 is 10.1 Å². The van der Waals surface area contributed by atoms with E-state index in [2.05, 4.69) is 33.4 Å². The third-order valence-electron chi connectivity index (χ3n) is 8.55. The van der Waals surface area contributed by atoms with Gasteiger partial charge in [-0.25, -0.2) is 4.79 Å². The smallest absolute Gasteiger partial charge is 0.338 e. The second-order valence-electron chi connectivity index (χ2n) is 10.7. The fourth-order valence-electron chi connectivity index (χ4n) is 6.73. The van der Waals surface area contributed by atoms with Crippen LogP contribution in [0.3, 0.4) is 0 Å². The van der Waals surface area contributed by atoms with Gasteiger partial charge in [-0.1, -0.05) is 41.9 Å². The summed E-state index contributed by atoms with van der Waals surface area (Å²) < 4.78 is 5.89. The van der Waals surface area contributed by atoms with E-state index in [9.17, 15) is 19.2 Å². The number of hydrogen-bond acceptors (Lipinski definition) is 5. The molecule has 40 heavy (non-hydrogen) atoms. The summed E-state index contributed by atoms with van der Waals surface area (Å²) in [6, 6.07) is 19.8. The van der Waals surface area contributed by atoms with Gasteiger partial charge in [0, 0.05) is 10.2 Å². The minimum absolute atomic E-state index is 0.149. The second kappa shape index (κ2) is 10.5. The van der Waals surface area contributed by atoms with Crippen molar-refractivity contribution in [2.24, 2.45) is 23.7 Å². The molecule has 7 nitrogen and oxygen atoms in total. The number of esters is 1. The molecule has 2 saturated carbocycles. The monoisotopic (exact) mass is 620 g/mol. The van der Waals surface area contributed by atoms with E-state index < -0.39 is 18.5 Å². The number of carbonyl (C=O) groups excluding carboxylic acids is 4. The maximum absolute atomic E-state index is 13.5. The summed E-state index contributed by atoms with van der Waals surface area (Å²) in [5, 5.41) is 3.17. The maximum atomic E-state index is 13.5. The molecule has 2 aliphatic carbocycles. The van der Waals surface area contributed by atoms with Crippen molar-refractivity contribution in [1.29, 1.82) is 0 Å². The molecule has 0 unspecified atom stereocenters. The highest BCUT2D eigenvalue weighted by molar-refractivity contribution is 9.10. The van der Waals surface area contributed by atoms with Gasteiger partial charge >= 0.3 is 5.97 Å². The Kier molecular flexibility index (Phi) is 7.00. The van der Waals surface area contributed by atoms with Gasteiger partial charge in [-0.2, -0.15) is 0 Å². The van der Waals surface area contributed by atoms with Crippen molar-refractivity contribution in [2.45, 2.75) is 25.7 Å². The van der Waals surface area contributed by atoms with Gasteiger partial charge in [0.15, 0.2) is 6.61 Å². The number of halogens is 2. The Labute approximate surface area is 245 Å². The maximum Gasteiger partial charge on any atom is 0.338 e. The first-order valence-corrected chi connectivity index (χ1v) is 14.4. The van der Waals surface area contributed by atoms with E-state index in [1.165, 1.54) is 22.6 Å². The number of hydrogen-bond donors (Lipinski definition) is 1. The molecule has 204 valence electrons. The van der Waals surface area contributed by atoms with E-state index in [4.69, 9.17) is 16.3 Å². The molecule has 1 heterocycles. The molecule has 0 spiro atoms. The van der Waals surface area contributed by atoms with E-state index in [1.807, 2.05) is 18.2 Å². The third kappa shape index (κ3) is 4.53. The van der Waals surface area contributed by atoms with Gasteiger partial charge in [0.1, 0.15) is 0 Å². The average Bonchev–Trinajstić information content (AvgIpc) is 3.64. The number of amides is 3. The van der Waals surface area contributed by atoms with Crippen LogP contribution in [0.15, 0.2) is 71.2 Å². The molecule has 1 aliphatic heterocycles. The molecule has 5 atom stereocenters. The molecule has 0 aromatic heterocycles. The number of carbonyl (C=O) groups is 4. The fraction of sp³-hybridized carbons (Fsp3) is 0.290. The molecule has 3 aliphatic rings. The van der Waals surface area contributed by atoms with Crippen LogP contribution in [-0.2, 0) is 19.1 Å². The Bertz CT molecular complexity index is 1530. The zero-order valence-corrected chi connectivity index (χ0v) is 23.9. The molecule has 1 saturated heterocycles. The van der Waals surface area contributed by atoms with Crippen LogP contribution in [0.4, 0.5) is 11.4 Å². The molecule has 3 aromatic carbocycles. The second-order valence-corrected chi connectivity index (χ2v) is 11.9. The van der Waals surface area contributed by atoms with Gasteiger partial charge in [0.2, 0.25) is 11.8 Å². The quantitative estimate of drug-likeness (QED) is 0.264. The number of nitrogens with one attached hydrogen (secondary N) is 1. The van der Waals surface area contributed by atoms with E-state index in [1.54, 1.807) is 31.2 Å². The largest absolute Gasteiger partial charge is 0.452 e. The first kappa shape index (κ1) is 26.7. The van der Waals surface area contributed by atoms with Crippen molar-refractivity contribution in [3.05, 3.63) is 92.9 Å². The van der Waals surface area contributed by atoms with Gasteiger partial charge in [-0.05, 0) is 101 Å². The van der Waals surface area contributed by atoms with Gasteiger partial charge in [-0.3, -0.25) is 19.3 Å². The lowest BCUT2D eigenvalue weighted by Gasteiger charge is -2.28. The molecule has 3 aromatic rings. The number of benzene rings is 3. The van der Waals surface area contributed by atoms with Gasteiger partial charge in [0.05, 0.1) is 28.1 Å². The average molecular weight is 622 g/mol. The molecular formula is C31H26BrClN2O5. The highest BCUT2D eigenvalue weighted by atomic mass is 79.9. The van der Waals surface area contributed by atoms with Gasteiger partial charge in [0.25, 0.3) is 5.91 Å². The fourth-order valence-corrected chi connectivity index (χ4v) is 7.33. The van der Waals surface area contributed by atoms with Crippen LogP contribution < -0.4 is 10.2 Å². The van der Waals surface area contributed by atoms with Crippen LogP contribution in [0.2, 0.25) is 5.02 Å². The van der Waals surface area contributed by atoms with Crippen molar-refractivity contribution < 1.29 is 23.9 Å². The van der Waals surface area contributed by atoms with Crippen LogP contribution >= 0.6 is 27.5 Å². The van der Waals surface area contributed by atoms with Crippen LogP contribution in [0.5, 0.6) is 0 Å². The Morgan fingerprint density at radius 3 is 2.40 bits per heavy atom. The van der Waals surface area contributed by atoms with Crippen molar-refractivity contribution >= 4 is 62.6 Å². The first-order chi connectivity index (χ1) is 19.2. The van der Waals surface area contributed by atoms with Crippen LogP contribution in [0.1, 0.15) is 40.2 Å². The Morgan fingerprint density at radius 1 is 0.975 bits per heavy atom. The Morgan fingerprint density at radius 2 is 1.68 bits per heavy atom. The number of imide groups is 1. The van der Waals surface area contributed by atoms with E-state index in [0.29, 0.717) is 32.4 Å². The van der Waals surface area contributed by atoms with E-state index >= 15 is 0 Å². The molecule has 3 fully saturated rings. The summed E-state index contributed by atoms with van der Waals surface area (Å²) in [6.07, 6.45) is 1.84. The van der Waals surface area contributed by atoms with Gasteiger partial charge in [-0.15, -0.1) is 0 Å². The highest BCUT2D eigenvalue weighted by Crippen LogP contribution is 2.61. The number of fused-ring (bicyclic) bond motifs is 5. The molecular weight excluding hydrogens is 596 g/mol. The number of rotatable bonds is 6. The zero-order valence-electron chi connectivity index (χ0n) is 21.6. The molecule has 0 radical (unpaired) electrons. The summed E-state index contributed by atoms with van der Waals surface area (Å²) in [4.78, 5) is 53.1. The molecule has 6 rings (SSSR count). The summed E-state index contributed by atoms with van der Waals surface area (Å²) >= 11 is 9.53. The SMILES string of the molecule is Cc1c(NC(=O)COC(=O)c2ccc(N3C(=O)[C@@H]4[C@@H]5C[C@@H]([C@@H]4C3=O)[C@H](c3ccccc3)C5)cc2)ccc(Br)c1Cl. The topological polar surface area (TPSA) is 92.8 Å². The lowest BCUT2D eigenvalue weighted by Crippen LogP contribution is -2.33. The lowest BCUT2D eigenvalue weighted by molar-refractivity contribution is -0.123. The van der Waals surface area contributed by atoms with Crippen LogP contribution in [0, 0.1) is 30.6 Å². The summed E-state index contributed by atoms with van der Waals surface area (Å²) in [7, 11) is 0. The van der Waals surface area contributed by atoms with Crippen LogP contribution in [-0.4, -0.2) is 30.3 Å². The summed E-state index contributed by atoms with van der Waals surface area (Å²) in [5.74, 6) is -1.41. The van der Waals surface area contributed by atoms with Crippen molar-refractivity contribution in [2.75, 3.05) is 16.8 Å². The molecule has 2 bridgehead atoms. The highest BCUT2D eigenvalue weighted by Gasteiger charge is 2.64. The normalized spacial score (nSPS) is 24.8. The predicted molar refractivity (Wildman–Crippen MR) is 154 cm³/mol. The molecule has 3 amide bonds. The Hall–Kier alpha value is -3.49. The van der Waals surface area contributed by atoms with Crippen molar-refractivity contribution in [1.82, 2.24) is 0 Å². The van der Waals surface area contributed by atoms with E-state index in [-0.39, 0.29) is 41.0 Å². The predicted octanol–water partition coefficient (Wildman–Crippen LogP) is 6.14. The Balaban J connectivity index is 1.09.